The van der Waals surface area contributed by atoms with Crippen molar-refractivity contribution in [2.75, 3.05) is 13.1 Å². The third-order valence-electron chi connectivity index (χ3n) is 5.52. The molecule has 0 spiro atoms. The number of likely N-dealkylation sites (tertiary alicyclic amines) is 1. The van der Waals surface area contributed by atoms with Crippen molar-refractivity contribution in [3.8, 4) is 5.69 Å². The first-order chi connectivity index (χ1) is 14.0. The molecule has 1 aliphatic rings. The molecule has 0 aliphatic carbocycles. The molecule has 150 valence electrons. The molecule has 0 N–H and O–H groups in total. The van der Waals surface area contributed by atoms with Crippen LogP contribution in [0.5, 0.6) is 0 Å². The Hall–Kier alpha value is -3.15. The van der Waals surface area contributed by atoms with Crippen LogP contribution in [0.3, 0.4) is 0 Å². The molecule has 2 aromatic heterocycles. The maximum absolute atomic E-state index is 12.8. The van der Waals surface area contributed by atoms with Gasteiger partial charge in [-0.15, -0.1) is 0 Å². The highest BCUT2D eigenvalue weighted by molar-refractivity contribution is 5.92. The molecule has 0 radical (unpaired) electrons. The van der Waals surface area contributed by atoms with Crippen molar-refractivity contribution in [2.24, 2.45) is 0 Å². The minimum absolute atomic E-state index is 0.0236. The fraction of sp³-hybridized carbons (Fsp3) is 0.348. The van der Waals surface area contributed by atoms with Gasteiger partial charge in [0.15, 0.2) is 5.82 Å². The van der Waals surface area contributed by atoms with Crippen molar-refractivity contribution in [3.05, 3.63) is 71.1 Å². The van der Waals surface area contributed by atoms with E-state index in [1.165, 1.54) is 0 Å². The fourth-order valence-corrected chi connectivity index (χ4v) is 4.06. The number of hydrogen-bond acceptors (Lipinski definition) is 4. The molecule has 1 aliphatic heterocycles. The molecule has 29 heavy (non-hydrogen) atoms. The Morgan fingerprint density at radius 1 is 1.21 bits per heavy atom. The van der Waals surface area contributed by atoms with Gasteiger partial charge < -0.3 is 14.0 Å². The molecule has 3 heterocycles. The minimum Gasteiger partial charge on any atom is -0.339 e. The summed E-state index contributed by atoms with van der Waals surface area (Å²) in [6.07, 6.45) is 5.50. The second-order valence-corrected chi connectivity index (χ2v) is 7.63. The number of aromatic nitrogens is 3. The smallest absolute Gasteiger partial charge is 0.246 e. The number of piperidine rings is 1. The average Bonchev–Trinajstić information content (AvgIpc) is 3.29. The predicted molar refractivity (Wildman–Crippen MR) is 112 cm³/mol. The van der Waals surface area contributed by atoms with E-state index >= 15 is 0 Å². The van der Waals surface area contributed by atoms with Gasteiger partial charge in [-0.1, -0.05) is 23.4 Å². The Balaban J connectivity index is 1.48. The van der Waals surface area contributed by atoms with E-state index in [2.05, 4.69) is 46.8 Å². The molecule has 6 heteroatoms. The molecule has 1 amide bonds. The second-order valence-electron chi connectivity index (χ2n) is 7.63. The van der Waals surface area contributed by atoms with Crippen LogP contribution < -0.4 is 0 Å². The zero-order valence-corrected chi connectivity index (χ0v) is 17.1. The van der Waals surface area contributed by atoms with Gasteiger partial charge >= 0.3 is 0 Å². The minimum atomic E-state index is 0.0236. The van der Waals surface area contributed by atoms with Gasteiger partial charge in [0.25, 0.3) is 0 Å². The largest absolute Gasteiger partial charge is 0.339 e. The number of carbonyl (C=O) groups is 1. The van der Waals surface area contributed by atoms with Crippen LogP contribution in [0.25, 0.3) is 11.8 Å². The van der Waals surface area contributed by atoms with E-state index in [0.29, 0.717) is 18.3 Å². The van der Waals surface area contributed by atoms with Crippen molar-refractivity contribution >= 4 is 12.0 Å². The molecule has 1 saturated heterocycles. The van der Waals surface area contributed by atoms with Gasteiger partial charge in [0, 0.05) is 36.2 Å². The summed E-state index contributed by atoms with van der Waals surface area (Å²) in [4.78, 5) is 19.0. The van der Waals surface area contributed by atoms with E-state index in [0.717, 1.165) is 42.0 Å². The first-order valence-electron chi connectivity index (χ1n) is 10.0. The monoisotopic (exact) mass is 390 g/mol. The molecule has 4 rings (SSSR count). The van der Waals surface area contributed by atoms with Gasteiger partial charge in [0.2, 0.25) is 11.8 Å². The molecular formula is C23H26N4O2. The fourth-order valence-electron chi connectivity index (χ4n) is 4.06. The second kappa shape index (κ2) is 8.07. The molecule has 1 atom stereocenters. The topological polar surface area (TPSA) is 64.2 Å². The zero-order valence-electron chi connectivity index (χ0n) is 17.1. The molecular weight excluding hydrogens is 364 g/mol. The van der Waals surface area contributed by atoms with Gasteiger partial charge in [-0.3, -0.25) is 4.79 Å². The van der Waals surface area contributed by atoms with Crippen molar-refractivity contribution in [1.82, 2.24) is 19.6 Å². The number of nitrogens with zero attached hydrogens (tertiary/aromatic N) is 4. The summed E-state index contributed by atoms with van der Waals surface area (Å²) >= 11 is 0. The lowest BCUT2D eigenvalue weighted by Gasteiger charge is -2.30. The maximum atomic E-state index is 12.8. The molecule has 0 bridgehead atoms. The number of para-hydroxylation sites is 1. The first-order valence-corrected chi connectivity index (χ1v) is 10.0. The Morgan fingerprint density at radius 2 is 2.00 bits per heavy atom. The lowest BCUT2D eigenvalue weighted by Crippen LogP contribution is -2.38. The normalized spacial score (nSPS) is 17.2. The molecule has 1 unspecified atom stereocenters. The highest BCUT2D eigenvalue weighted by Crippen LogP contribution is 2.26. The lowest BCUT2D eigenvalue weighted by molar-refractivity contribution is -0.127. The quantitative estimate of drug-likeness (QED) is 0.626. The van der Waals surface area contributed by atoms with Gasteiger partial charge in [0.05, 0.1) is 5.92 Å². The van der Waals surface area contributed by atoms with Crippen molar-refractivity contribution in [2.45, 2.75) is 39.5 Å². The van der Waals surface area contributed by atoms with Gasteiger partial charge in [-0.05, 0) is 63.5 Å². The van der Waals surface area contributed by atoms with Crippen LogP contribution in [0, 0.1) is 20.8 Å². The van der Waals surface area contributed by atoms with Crippen LogP contribution in [-0.4, -0.2) is 38.6 Å². The summed E-state index contributed by atoms with van der Waals surface area (Å²) < 4.78 is 7.52. The first kappa shape index (κ1) is 19.2. The maximum Gasteiger partial charge on any atom is 0.246 e. The van der Waals surface area contributed by atoms with Crippen LogP contribution >= 0.6 is 0 Å². The highest BCUT2D eigenvalue weighted by atomic mass is 16.5. The average molecular weight is 390 g/mol. The summed E-state index contributed by atoms with van der Waals surface area (Å²) in [6, 6.07) is 12.4. The summed E-state index contributed by atoms with van der Waals surface area (Å²) in [5.41, 5.74) is 4.45. The Labute approximate surface area is 170 Å². The Kier molecular flexibility index (Phi) is 5.34. The van der Waals surface area contributed by atoms with Crippen LogP contribution in [0.2, 0.25) is 0 Å². The van der Waals surface area contributed by atoms with Crippen molar-refractivity contribution < 1.29 is 9.32 Å². The third-order valence-corrected chi connectivity index (χ3v) is 5.52. The number of aryl methyl sites for hydroxylation is 2. The van der Waals surface area contributed by atoms with Crippen molar-refractivity contribution in [1.29, 1.82) is 0 Å². The number of rotatable bonds is 4. The van der Waals surface area contributed by atoms with Gasteiger partial charge in [0.1, 0.15) is 0 Å². The van der Waals surface area contributed by atoms with E-state index in [1.807, 2.05) is 36.1 Å². The van der Waals surface area contributed by atoms with E-state index in [1.54, 1.807) is 6.08 Å². The summed E-state index contributed by atoms with van der Waals surface area (Å²) in [6.45, 7) is 7.36. The molecule has 6 nitrogen and oxygen atoms in total. The van der Waals surface area contributed by atoms with E-state index in [-0.39, 0.29) is 11.8 Å². The van der Waals surface area contributed by atoms with Crippen LogP contribution in [-0.2, 0) is 4.79 Å². The molecule has 0 saturated carbocycles. The zero-order chi connectivity index (χ0) is 20.4. The molecule has 1 aromatic carbocycles. The predicted octanol–water partition coefficient (Wildman–Crippen LogP) is 4.20. The third kappa shape index (κ3) is 4.01. The van der Waals surface area contributed by atoms with Crippen LogP contribution in [0.15, 0.2) is 47.0 Å². The summed E-state index contributed by atoms with van der Waals surface area (Å²) in [7, 11) is 0. The van der Waals surface area contributed by atoms with E-state index in [4.69, 9.17) is 4.52 Å². The molecule has 1 fully saturated rings. The number of hydrogen-bond donors (Lipinski definition) is 0. The number of amides is 1. The molecule has 3 aromatic rings. The number of carbonyl (C=O) groups excluding carboxylic acids is 1. The van der Waals surface area contributed by atoms with E-state index in [9.17, 15) is 4.79 Å². The Morgan fingerprint density at radius 3 is 2.72 bits per heavy atom. The van der Waals surface area contributed by atoms with Gasteiger partial charge in [-0.25, -0.2) is 0 Å². The SMILES string of the molecule is Cc1noc(C2CCCN(C(=O)/C=C/c3cc(C)n(-c4ccccc4)c3C)C2)n1. The Bertz CT molecular complexity index is 1030. The van der Waals surface area contributed by atoms with E-state index < -0.39 is 0 Å². The summed E-state index contributed by atoms with van der Waals surface area (Å²) in [5.74, 6) is 1.41. The highest BCUT2D eigenvalue weighted by Gasteiger charge is 2.27. The standard InChI is InChI=1S/C23H26N4O2/c1-16-14-19(17(2)27(16)21-9-5-4-6-10-21)11-12-22(28)26-13-7-8-20(15-26)23-24-18(3)25-29-23/h4-6,9-12,14,20H,7-8,13,15H2,1-3H3/b12-11+. The van der Waals surface area contributed by atoms with Crippen LogP contribution in [0.4, 0.5) is 0 Å². The number of benzene rings is 1. The lowest BCUT2D eigenvalue weighted by atomic mass is 9.98. The van der Waals surface area contributed by atoms with Crippen LogP contribution in [0.1, 0.15) is 47.4 Å². The summed E-state index contributed by atoms with van der Waals surface area (Å²) in [5, 5.41) is 3.88. The van der Waals surface area contributed by atoms with Gasteiger partial charge in [-0.2, -0.15) is 4.98 Å². The van der Waals surface area contributed by atoms with Crippen molar-refractivity contribution in [3.63, 3.8) is 0 Å².